The Kier molecular flexibility index (Phi) is 6.08. The molecule has 1 saturated heterocycles. The molecular weight excluding hydrogens is 350 g/mol. The van der Waals surface area contributed by atoms with Crippen LogP contribution in [0.15, 0.2) is 34.9 Å². The number of carbonyl (C=O) groups excluding carboxylic acids is 1. The number of piperazine rings is 1. The number of nitrogens with zero attached hydrogens (tertiary/aromatic N) is 2. The van der Waals surface area contributed by atoms with Crippen molar-refractivity contribution in [3.63, 3.8) is 0 Å². The predicted molar refractivity (Wildman–Crippen MR) is 101 cm³/mol. The molecule has 0 spiro atoms. The Balaban J connectivity index is 1.59. The average Bonchev–Trinajstić information content (AvgIpc) is 3.20. The van der Waals surface area contributed by atoms with Gasteiger partial charge in [-0.05, 0) is 12.1 Å². The fourth-order valence-electron chi connectivity index (χ4n) is 3.09. The summed E-state index contributed by atoms with van der Waals surface area (Å²) in [7, 11) is 4.63. The van der Waals surface area contributed by atoms with Crippen LogP contribution in [0.4, 0.5) is 10.5 Å². The number of rotatable bonds is 6. The van der Waals surface area contributed by atoms with Gasteiger partial charge in [-0.25, -0.2) is 4.79 Å². The van der Waals surface area contributed by atoms with E-state index in [0.29, 0.717) is 36.0 Å². The normalized spacial score (nSPS) is 14.7. The summed E-state index contributed by atoms with van der Waals surface area (Å²) < 4.78 is 21.3. The summed E-state index contributed by atoms with van der Waals surface area (Å²) in [6, 6.07) is 7.13. The topological polar surface area (TPSA) is 76.4 Å². The Morgan fingerprint density at radius 3 is 2.26 bits per heavy atom. The van der Waals surface area contributed by atoms with Crippen molar-refractivity contribution in [1.29, 1.82) is 0 Å². The van der Waals surface area contributed by atoms with E-state index in [1.807, 2.05) is 12.1 Å². The first kappa shape index (κ1) is 18.9. The third-order valence-electron chi connectivity index (χ3n) is 4.54. The minimum atomic E-state index is -0.151. The lowest BCUT2D eigenvalue weighted by atomic mass is 10.2. The Labute approximate surface area is 158 Å². The van der Waals surface area contributed by atoms with Crippen LogP contribution in [0.25, 0.3) is 0 Å². The molecule has 1 N–H and O–H groups in total. The van der Waals surface area contributed by atoms with Gasteiger partial charge in [0.2, 0.25) is 5.75 Å². The van der Waals surface area contributed by atoms with Crippen LogP contribution >= 0.6 is 0 Å². The van der Waals surface area contributed by atoms with Gasteiger partial charge in [0.05, 0.1) is 39.8 Å². The summed E-state index contributed by atoms with van der Waals surface area (Å²) in [4.78, 5) is 16.7. The number of hydrogen-bond acceptors (Lipinski definition) is 6. The van der Waals surface area contributed by atoms with E-state index >= 15 is 0 Å². The molecule has 0 bridgehead atoms. The number of methoxy groups -OCH3 is 3. The highest BCUT2D eigenvalue weighted by molar-refractivity contribution is 5.90. The van der Waals surface area contributed by atoms with Gasteiger partial charge in [0.25, 0.3) is 0 Å². The number of urea groups is 1. The van der Waals surface area contributed by atoms with E-state index in [2.05, 4.69) is 10.2 Å². The summed E-state index contributed by atoms with van der Waals surface area (Å²) in [5.74, 6) is 2.42. The summed E-state index contributed by atoms with van der Waals surface area (Å²) in [6.07, 6.45) is 1.68. The Morgan fingerprint density at radius 2 is 1.74 bits per heavy atom. The molecule has 8 nitrogen and oxygen atoms in total. The summed E-state index contributed by atoms with van der Waals surface area (Å²) in [5.41, 5.74) is 0.590. The van der Waals surface area contributed by atoms with E-state index < -0.39 is 0 Å². The molecule has 3 rings (SSSR count). The number of carbonyl (C=O) groups is 1. The first-order chi connectivity index (χ1) is 13.1. The lowest BCUT2D eigenvalue weighted by Gasteiger charge is -2.34. The van der Waals surface area contributed by atoms with Crippen molar-refractivity contribution in [2.75, 3.05) is 52.8 Å². The molecule has 0 radical (unpaired) electrons. The molecule has 1 aromatic carbocycles. The molecule has 0 unspecified atom stereocenters. The van der Waals surface area contributed by atoms with Gasteiger partial charge in [0.1, 0.15) is 5.76 Å². The van der Waals surface area contributed by atoms with Crippen molar-refractivity contribution in [2.45, 2.75) is 6.54 Å². The van der Waals surface area contributed by atoms with E-state index in [0.717, 1.165) is 25.4 Å². The maximum atomic E-state index is 12.6. The zero-order valence-electron chi connectivity index (χ0n) is 15.9. The zero-order valence-corrected chi connectivity index (χ0v) is 15.9. The SMILES string of the molecule is COc1cc(NC(=O)N2CCN(Cc3ccco3)CC2)cc(OC)c1OC. The van der Waals surface area contributed by atoms with Crippen molar-refractivity contribution < 1.29 is 23.4 Å². The minimum absolute atomic E-state index is 0.151. The van der Waals surface area contributed by atoms with Crippen molar-refractivity contribution in [3.05, 3.63) is 36.3 Å². The minimum Gasteiger partial charge on any atom is -0.493 e. The van der Waals surface area contributed by atoms with Crippen LogP contribution in [-0.2, 0) is 6.54 Å². The summed E-state index contributed by atoms with van der Waals surface area (Å²) in [5, 5.41) is 2.91. The number of nitrogens with one attached hydrogen (secondary N) is 1. The zero-order chi connectivity index (χ0) is 19.2. The van der Waals surface area contributed by atoms with E-state index in [-0.39, 0.29) is 6.03 Å². The second kappa shape index (κ2) is 8.68. The van der Waals surface area contributed by atoms with E-state index in [1.54, 1.807) is 44.6 Å². The average molecular weight is 375 g/mol. The largest absolute Gasteiger partial charge is 0.493 e. The van der Waals surface area contributed by atoms with E-state index in [1.165, 1.54) is 0 Å². The molecule has 2 aromatic rings. The standard InChI is InChI=1S/C19H25N3O5/c1-24-16-11-14(12-17(25-2)18(16)26-3)20-19(23)22-8-6-21(7-9-22)13-15-5-4-10-27-15/h4-5,10-12H,6-9,13H2,1-3H3,(H,20,23). The van der Waals surface area contributed by atoms with Crippen molar-refractivity contribution >= 4 is 11.7 Å². The van der Waals surface area contributed by atoms with Crippen LogP contribution in [0, 0.1) is 0 Å². The Morgan fingerprint density at radius 1 is 1.07 bits per heavy atom. The van der Waals surface area contributed by atoms with E-state index in [9.17, 15) is 4.79 Å². The fourth-order valence-corrected chi connectivity index (χ4v) is 3.09. The molecule has 0 aliphatic carbocycles. The Hall–Kier alpha value is -2.87. The van der Waals surface area contributed by atoms with Crippen molar-refractivity contribution in [3.8, 4) is 17.2 Å². The van der Waals surface area contributed by atoms with Crippen LogP contribution < -0.4 is 19.5 Å². The van der Waals surface area contributed by atoms with Crippen molar-refractivity contribution in [2.24, 2.45) is 0 Å². The number of hydrogen-bond donors (Lipinski definition) is 1. The smallest absolute Gasteiger partial charge is 0.321 e. The van der Waals surface area contributed by atoms with Gasteiger partial charge in [-0.2, -0.15) is 0 Å². The number of ether oxygens (including phenoxy) is 3. The van der Waals surface area contributed by atoms with Crippen LogP contribution in [0.1, 0.15) is 5.76 Å². The molecular formula is C19H25N3O5. The van der Waals surface area contributed by atoms with Gasteiger partial charge in [-0.3, -0.25) is 4.90 Å². The Bertz CT molecular complexity index is 730. The molecule has 146 valence electrons. The molecule has 0 saturated carbocycles. The number of furan rings is 1. The molecule has 27 heavy (non-hydrogen) atoms. The highest BCUT2D eigenvalue weighted by Gasteiger charge is 2.22. The molecule has 8 heteroatoms. The van der Waals surface area contributed by atoms with Gasteiger partial charge >= 0.3 is 6.03 Å². The molecule has 1 aliphatic heterocycles. The van der Waals surface area contributed by atoms with Gasteiger partial charge in [0.15, 0.2) is 11.5 Å². The van der Waals surface area contributed by atoms with Crippen LogP contribution in [0.2, 0.25) is 0 Å². The van der Waals surface area contributed by atoms with Gasteiger partial charge in [-0.1, -0.05) is 0 Å². The molecule has 1 fully saturated rings. The van der Waals surface area contributed by atoms with Gasteiger partial charge in [-0.15, -0.1) is 0 Å². The lowest BCUT2D eigenvalue weighted by molar-refractivity contribution is 0.137. The van der Waals surface area contributed by atoms with Gasteiger partial charge in [0, 0.05) is 38.3 Å². The van der Waals surface area contributed by atoms with Crippen LogP contribution in [0.5, 0.6) is 17.2 Å². The quantitative estimate of drug-likeness (QED) is 0.837. The first-order valence-electron chi connectivity index (χ1n) is 8.75. The monoisotopic (exact) mass is 375 g/mol. The van der Waals surface area contributed by atoms with Crippen LogP contribution in [-0.4, -0.2) is 63.3 Å². The summed E-state index contributed by atoms with van der Waals surface area (Å²) in [6.45, 7) is 3.65. The maximum Gasteiger partial charge on any atom is 0.321 e. The summed E-state index contributed by atoms with van der Waals surface area (Å²) >= 11 is 0. The predicted octanol–water partition coefficient (Wildman–Crippen LogP) is 2.66. The molecule has 1 aromatic heterocycles. The van der Waals surface area contributed by atoms with Crippen molar-refractivity contribution in [1.82, 2.24) is 9.80 Å². The second-order valence-corrected chi connectivity index (χ2v) is 6.19. The molecule has 1 aliphatic rings. The molecule has 0 atom stereocenters. The first-order valence-corrected chi connectivity index (χ1v) is 8.75. The number of amides is 2. The van der Waals surface area contributed by atoms with Crippen LogP contribution in [0.3, 0.4) is 0 Å². The third kappa shape index (κ3) is 4.46. The van der Waals surface area contributed by atoms with Gasteiger partial charge < -0.3 is 28.8 Å². The number of anilines is 1. The second-order valence-electron chi connectivity index (χ2n) is 6.19. The highest BCUT2D eigenvalue weighted by atomic mass is 16.5. The molecule has 2 heterocycles. The molecule has 2 amide bonds. The fraction of sp³-hybridized carbons (Fsp3) is 0.421. The highest BCUT2D eigenvalue weighted by Crippen LogP contribution is 2.39. The number of benzene rings is 1. The maximum absolute atomic E-state index is 12.6. The van der Waals surface area contributed by atoms with E-state index in [4.69, 9.17) is 18.6 Å². The third-order valence-corrected chi connectivity index (χ3v) is 4.54. The lowest BCUT2D eigenvalue weighted by Crippen LogP contribution is -2.49.